The first-order valence-corrected chi connectivity index (χ1v) is 24.2. The van der Waals surface area contributed by atoms with Gasteiger partial charge in [0, 0.05) is 43.8 Å². The highest BCUT2D eigenvalue weighted by molar-refractivity contribution is 6.16. The van der Waals surface area contributed by atoms with Gasteiger partial charge in [-0.1, -0.05) is 97.1 Å². The fourth-order valence-corrected chi connectivity index (χ4v) is 11.5. The number of aromatic amines is 2. The van der Waals surface area contributed by atoms with Crippen molar-refractivity contribution >= 4 is 130 Å². The van der Waals surface area contributed by atoms with E-state index in [4.69, 9.17) is 29.9 Å². The van der Waals surface area contributed by atoms with E-state index in [0.717, 1.165) is 86.9 Å². The van der Waals surface area contributed by atoms with Crippen LogP contribution in [0.4, 0.5) is 0 Å². The quantitative estimate of drug-likeness (QED) is 0.147. The van der Waals surface area contributed by atoms with E-state index >= 15 is 0 Å². The lowest BCUT2D eigenvalue weighted by molar-refractivity contribution is 1.19. The zero-order valence-electron chi connectivity index (χ0n) is 38.2. The molecule has 8 heteroatoms. The van der Waals surface area contributed by atoms with Gasteiger partial charge in [-0.25, -0.2) is 29.9 Å². The van der Waals surface area contributed by atoms with Gasteiger partial charge in [0.05, 0.1) is 0 Å². The van der Waals surface area contributed by atoms with E-state index in [1.807, 2.05) is 0 Å². The van der Waals surface area contributed by atoms with E-state index in [-0.39, 0.29) is 0 Å². The van der Waals surface area contributed by atoms with Gasteiger partial charge in [-0.05, 0) is 183 Å². The third kappa shape index (κ3) is 5.57. The second-order valence-corrected chi connectivity index (χ2v) is 19.4. The number of hydrogen-bond donors (Lipinski definition) is 2. The minimum Gasteiger partial charge on any atom is -0.324 e. The van der Waals surface area contributed by atoms with Crippen molar-refractivity contribution in [1.82, 2.24) is 39.9 Å². The number of nitrogens with one attached hydrogen (secondary N) is 2. The molecule has 8 bridgehead atoms. The third-order valence-corrected chi connectivity index (χ3v) is 15.1. The molecule has 3 aromatic heterocycles. The zero-order valence-corrected chi connectivity index (χ0v) is 38.2. The molecule has 8 nitrogen and oxygen atoms in total. The van der Waals surface area contributed by atoms with Crippen molar-refractivity contribution < 1.29 is 0 Å². The van der Waals surface area contributed by atoms with Crippen LogP contribution in [0.2, 0.25) is 0 Å². The summed E-state index contributed by atoms with van der Waals surface area (Å²) in [6.07, 6.45) is 0. The van der Waals surface area contributed by atoms with Crippen molar-refractivity contribution in [2.75, 3.05) is 0 Å². The van der Waals surface area contributed by atoms with Crippen LogP contribution >= 0.6 is 0 Å². The molecule has 12 aromatic carbocycles. The first kappa shape index (κ1) is 38.0. The van der Waals surface area contributed by atoms with Crippen LogP contribution in [0.3, 0.4) is 0 Å². The summed E-state index contributed by atoms with van der Waals surface area (Å²) in [5.74, 6) is 2.26. The molecule has 0 saturated carbocycles. The van der Waals surface area contributed by atoms with E-state index in [1.165, 1.54) is 43.1 Å². The Bertz CT molecular complexity index is 4550. The molecule has 17 rings (SSSR count). The summed E-state index contributed by atoms with van der Waals surface area (Å²) in [5, 5.41) is 21.9. The number of hydrogen-bond acceptors (Lipinski definition) is 6. The lowest BCUT2D eigenvalue weighted by Gasteiger charge is -2.06. The highest BCUT2D eigenvalue weighted by Gasteiger charge is 2.24. The molecule has 2 aliphatic rings. The molecule has 2 aliphatic heterocycles. The first-order chi connectivity index (χ1) is 35.5. The molecule has 0 aliphatic carbocycles. The normalized spacial score (nSPS) is 12.4. The number of benzene rings is 12. The molecule has 0 amide bonds. The molecular formula is C64H34N8. The van der Waals surface area contributed by atoms with Crippen molar-refractivity contribution in [2.45, 2.75) is 0 Å². The van der Waals surface area contributed by atoms with Gasteiger partial charge in [0.2, 0.25) is 0 Å². The van der Waals surface area contributed by atoms with Crippen molar-refractivity contribution in [2.24, 2.45) is 0 Å². The zero-order chi connectivity index (χ0) is 46.8. The van der Waals surface area contributed by atoms with Crippen LogP contribution in [0, 0.1) is 0 Å². The predicted molar refractivity (Wildman–Crippen MR) is 296 cm³/mol. The van der Waals surface area contributed by atoms with Crippen LogP contribution in [-0.4, -0.2) is 39.9 Å². The molecule has 15 aromatic rings. The third-order valence-electron chi connectivity index (χ3n) is 15.1. The van der Waals surface area contributed by atoms with Crippen LogP contribution in [0.25, 0.3) is 176 Å². The van der Waals surface area contributed by atoms with Gasteiger partial charge in [-0.15, -0.1) is 0 Å². The first-order valence-electron chi connectivity index (χ1n) is 24.2. The molecule has 72 heavy (non-hydrogen) atoms. The Morgan fingerprint density at radius 3 is 0.597 bits per heavy atom. The maximum absolute atomic E-state index is 5.49. The second kappa shape index (κ2) is 13.9. The fraction of sp³-hybridized carbons (Fsp3) is 0. The summed E-state index contributed by atoms with van der Waals surface area (Å²) in [5.41, 5.74) is 6.22. The minimum absolute atomic E-state index is 0.565. The summed E-state index contributed by atoms with van der Waals surface area (Å²) >= 11 is 0. The minimum atomic E-state index is 0.565. The number of aromatic nitrogens is 8. The number of H-pyrrole nitrogens is 2. The van der Waals surface area contributed by atoms with Gasteiger partial charge >= 0.3 is 0 Å². The molecule has 330 valence electrons. The van der Waals surface area contributed by atoms with E-state index in [2.05, 4.69) is 204 Å². The topological polar surface area (TPSA) is 109 Å². The van der Waals surface area contributed by atoms with Crippen molar-refractivity contribution in [3.05, 3.63) is 194 Å². The summed E-state index contributed by atoms with van der Waals surface area (Å²) < 4.78 is 0. The van der Waals surface area contributed by atoms with Crippen molar-refractivity contribution in [3.63, 3.8) is 0 Å². The maximum atomic E-state index is 5.49. The average Bonchev–Trinajstić information content (AvgIpc) is 4.12. The summed E-state index contributed by atoms with van der Waals surface area (Å²) in [6.45, 7) is 0. The van der Waals surface area contributed by atoms with E-state index in [9.17, 15) is 0 Å². The van der Waals surface area contributed by atoms with Crippen molar-refractivity contribution in [3.8, 4) is 45.6 Å². The highest BCUT2D eigenvalue weighted by atomic mass is 15.1. The van der Waals surface area contributed by atoms with E-state index in [0.29, 0.717) is 45.9 Å². The predicted octanol–water partition coefficient (Wildman–Crippen LogP) is 16.1. The van der Waals surface area contributed by atoms with E-state index < -0.39 is 0 Å². The monoisotopic (exact) mass is 914 g/mol. The number of rotatable bonds is 0. The smallest absolute Gasteiger partial charge is 0.164 e. The molecule has 0 atom stereocenters. The Morgan fingerprint density at radius 1 is 0.194 bits per heavy atom. The van der Waals surface area contributed by atoms with Gasteiger partial charge in [-0.3, -0.25) is 0 Å². The van der Waals surface area contributed by atoms with Gasteiger partial charge in [-0.2, -0.15) is 0 Å². The fourth-order valence-electron chi connectivity index (χ4n) is 11.5. The Balaban J connectivity index is 1.04. The summed E-state index contributed by atoms with van der Waals surface area (Å²) in [6, 6.07) is 69.8. The Kier molecular flexibility index (Phi) is 7.32. The summed E-state index contributed by atoms with van der Waals surface area (Å²) in [7, 11) is 0. The Hall–Kier alpha value is -9.92. The second-order valence-electron chi connectivity index (χ2n) is 19.4. The maximum Gasteiger partial charge on any atom is 0.164 e. The lowest BCUT2D eigenvalue weighted by atomic mass is 9.98. The van der Waals surface area contributed by atoms with Crippen LogP contribution < -0.4 is 0 Å². The largest absolute Gasteiger partial charge is 0.324 e. The molecule has 0 saturated heterocycles. The number of nitrogens with zero attached hydrogens (tertiary/aromatic N) is 6. The lowest BCUT2D eigenvalue weighted by Crippen LogP contribution is -1.85. The van der Waals surface area contributed by atoms with Gasteiger partial charge < -0.3 is 9.97 Å². The SMILES string of the molecule is c1ccc2cc3cc4c(cc3cc2c1)-c1nc-4nc2[nH]c(nc3nc(nc4[nH]c(n1)c1cc5cc6ccccc6cc5cc41)-c1cc4cc5ccccc5cc4cc1-3)c1cc3cc4ccccc4cc3cc21. The van der Waals surface area contributed by atoms with Crippen LogP contribution in [0.5, 0.6) is 0 Å². The Morgan fingerprint density at radius 2 is 0.389 bits per heavy atom. The van der Waals surface area contributed by atoms with Crippen molar-refractivity contribution in [1.29, 1.82) is 0 Å². The molecule has 0 unspecified atom stereocenters. The standard InChI is InChI=1S/C64H34N8/c1-2-10-34-18-42-26-50-49(25-41(42)17-33(34)9-1)57-65-58(50)70-60-53-29-45-21-37-13-5-6-14-38(37)22-46(45)30-54(53)62(67-60)72-64-56-32-48-24-40-16-8-7-15-39(40)23-47(48)31-55(56)63(68-64)71-61-52-28-44-20-36-12-4-3-11-35(36)19-43(44)27-51(52)59(66-61)69-57/h1-32H,(H2,65,66,67,68,69,70,71,72). The average molecular weight is 915 g/mol. The van der Waals surface area contributed by atoms with Crippen LogP contribution in [-0.2, 0) is 0 Å². The van der Waals surface area contributed by atoms with Gasteiger partial charge in [0.15, 0.2) is 23.3 Å². The molecule has 0 spiro atoms. The molecule has 0 radical (unpaired) electrons. The van der Waals surface area contributed by atoms with Crippen LogP contribution in [0.1, 0.15) is 0 Å². The molecule has 0 fully saturated rings. The highest BCUT2D eigenvalue weighted by Crippen LogP contribution is 2.42. The number of fused-ring (bicyclic) bond motifs is 28. The summed E-state index contributed by atoms with van der Waals surface area (Å²) in [4.78, 5) is 40.1. The van der Waals surface area contributed by atoms with E-state index in [1.54, 1.807) is 0 Å². The Labute approximate surface area is 408 Å². The van der Waals surface area contributed by atoms with Crippen LogP contribution in [0.15, 0.2) is 194 Å². The van der Waals surface area contributed by atoms with Gasteiger partial charge in [0.25, 0.3) is 0 Å². The molecule has 5 heterocycles. The molecule has 2 N–H and O–H groups in total. The molecular weight excluding hydrogens is 881 g/mol. The van der Waals surface area contributed by atoms with Gasteiger partial charge in [0.1, 0.15) is 22.6 Å².